The topological polar surface area (TPSA) is 21.3 Å². The van der Waals surface area contributed by atoms with Crippen molar-refractivity contribution in [1.82, 2.24) is 5.32 Å². The van der Waals surface area contributed by atoms with Crippen LogP contribution in [-0.2, 0) is 6.42 Å². The van der Waals surface area contributed by atoms with Gasteiger partial charge in [0.25, 0.3) is 0 Å². The first kappa shape index (κ1) is 16.8. The Labute approximate surface area is 137 Å². The van der Waals surface area contributed by atoms with Crippen LogP contribution >= 0.6 is 15.9 Å². The predicted molar refractivity (Wildman–Crippen MR) is 93.0 cm³/mol. The molecule has 0 fully saturated rings. The number of halogens is 1. The number of hydrogen-bond donors (Lipinski definition) is 1. The van der Waals surface area contributed by atoms with Crippen LogP contribution in [0.4, 0.5) is 0 Å². The van der Waals surface area contributed by atoms with E-state index < -0.39 is 0 Å². The highest BCUT2D eigenvalue weighted by Gasteiger charge is 2.25. The number of fused-ring (bicyclic) bond motifs is 1. The molecule has 2 unspecified atom stereocenters. The average molecular weight is 354 g/mol. The molecule has 0 spiro atoms. The van der Waals surface area contributed by atoms with Crippen molar-refractivity contribution in [2.45, 2.75) is 53.0 Å². The Morgan fingerprint density at radius 3 is 2.67 bits per heavy atom. The highest BCUT2D eigenvalue weighted by molar-refractivity contribution is 9.10. The molecule has 0 aliphatic carbocycles. The van der Waals surface area contributed by atoms with Crippen molar-refractivity contribution < 1.29 is 4.74 Å². The fourth-order valence-electron chi connectivity index (χ4n) is 3.49. The maximum absolute atomic E-state index is 5.89. The molecule has 1 aromatic carbocycles. The van der Waals surface area contributed by atoms with E-state index in [9.17, 15) is 0 Å². The van der Waals surface area contributed by atoms with Crippen LogP contribution in [0.25, 0.3) is 0 Å². The summed E-state index contributed by atoms with van der Waals surface area (Å²) in [4.78, 5) is 0. The Morgan fingerprint density at radius 2 is 2.05 bits per heavy atom. The largest absolute Gasteiger partial charge is 0.493 e. The highest BCUT2D eigenvalue weighted by Crippen LogP contribution is 2.39. The number of benzene rings is 1. The summed E-state index contributed by atoms with van der Waals surface area (Å²) in [5.74, 6) is 1.79. The lowest BCUT2D eigenvalue weighted by atomic mass is 9.82. The van der Waals surface area contributed by atoms with Crippen molar-refractivity contribution in [2.75, 3.05) is 13.7 Å². The van der Waals surface area contributed by atoms with E-state index in [4.69, 9.17) is 4.74 Å². The SMILES string of the molecule is CNC(CC(C)CC(C)(C)C)c1cc(Br)cc2c1OCC2. The second kappa shape index (κ2) is 6.70. The Hall–Kier alpha value is -0.540. The molecule has 1 aliphatic heterocycles. The Balaban J connectivity index is 2.18. The predicted octanol–water partition coefficient (Wildman–Crippen LogP) is 5.11. The maximum atomic E-state index is 5.89. The summed E-state index contributed by atoms with van der Waals surface area (Å²) < 4.78 is 7.05. The first-order chi connectivity index (χ1) is 9.80. The second-order valence-electron chi connectivity index (χ2n) is 7.53. The van der Waals surface area contributed by atoms with Crippen LogP contribution in [0.15, 0.2) is 16.6 Å². The molecular formula is C18H28BrNO. The molecule has 1 heterocycles. The van der Waals surface area contributed by atoms with Crippen LogP contribution in [0.1, 0.15) is 57.7 Å². The van der Waals surface area contributed by atoms with Gasteiger partial charge in [0.05, 0.1) is 6.61 Å². The van der Waals surface area contributed by atoms with E-state index in [-0.39, 0.29) is 0 Å². The van der Waals surface area contributed by atoms with Crippen molar-refractivity contribution in [2.24, 2.45) is 11.3 Å². The molecule has 0 bridgehead atoms. The van der Waals surface area contributed by atoms with Gasteiger partial charge in [0.2, 0.25) is 0 Å². The van der Waals surface area contributed by atoms with Crippen LogP contribution in [0.5, 0.6) is 5.75 Å². The lowest BCUT2D eigenvalue weighted by molar-refractivity contribution is 0.276. The van der Waals surface area contributed by atoms with Gasteiger partial charge in [-0.1, -0.05) is 43.6 Å². The van der Waals surface area contributed by atoms with Crippen molar-refractivity contribution in [1.29, 1.82) is 0 Å². The van der Waals surface area contributed by atoms with Gasteiger partial charge in [-0.25, -0.2) is 0 Å². The molecule has 0 saturated carbocycles. The fourth-order valence-corrected chi connectivity index (χ4v) is 4.01. The van der Waals surface area contributed by atoms with Crippen molar-refractivity contribution >= 4 is 15.9 Å². The van der Waals surface area contributed by atoms with Crippen molar-refractivity contribution in [3.63, 3.8) is 0 Å². The van der Waals surface area contributed by atoms with Crippen molar-refractivity contribution in [3.8, 4) is 5.75 Å². The molecule has 1 aliphatic rings. The van der Waals surface area contributed by atoms with Gasteiger partial charge in [0.1, 0.15) is 5.75 Å². The molecule has 3 heteroatoms. The third-order valence-electron chi connectivity index (χ3n) is 4.10. The molecule has 1 aromatic rings. The van der Waals surface area contributed by atoms with Crippen LogP contribution < -0.4 is 10.1 Å². The zero-order valence-electron chi connectivity index (χ0n) is 13.9. The number of ether oxygens (including phenoxy) is 1. The second-order valence-corrected chi connectivity index (χ2v) is 8.44. The van der Waals surface area contributed by atoms with Gasteiger partial charge in [-0.3, -0.25) is 0 Å². The summed E-state index contributed by atoms with van der Waals surface area (Å²) in [6, 6.07) is 4.76. The molecule has 2 nitrogen and oxygen atoms in total. The molecular weight excluding hydrogens is 326 g/mol. The van der Waals surface area contributed by atoms with Gasteiger partial charge in [-0.2, -0.15) is 0 Å². The van der Waals surface area contributed by atoms with E-state index in [0.29, 0.717) is 17.4 Å². The van der Waals surface area contributed by atoms with Crippen LogP contribution in [-0.4, -0.2) is 13.7 Å². The van der Waals surface area contributed by atoms with Crippen LogP contribution in [0, 0.1) is 11.3 Å². The standard InChI is InChI=1S/C18H28BrNO/c1-12(11-18(2,3)4)8-16(20-5)15-10-14(19)9-13-6-7-21-17(13)15/h9-10,12,16,20H,6-8,11H2,1-5H3. The molecule has 2 rings (SSSR count). The van der Waals surface area contributed by atoms with E-state index in [0.717, 1.165) is 29.7 Å². The third kappa shape index (κ3) is 4.46. The normalized spacial score (nSPS) is 17.2. The average Bonchev–Trinajstić information content (AvgIpc) is 2.80. The Kier molecular flexibility index (Phi) is 5.37. The minimum Gasteiger partial charge on any atom is -0.493 e. The summed E-state index contributed by atoms with van der Waals surface area (Å²) in [6.07, 6.45) is 3.40. The van der Waals surface area contributed by atoms with E-state index in [1.807, 2.05) is 0 Å². The molecule has 0 amide bonds. The molecule has 118 valence electrons. The fraction of sp³-hybridized carbons (Fsp3) is 0.667. The third-order valence-corrected chi connectivity index (χ3v) is 4.56. The van der Waals surface area contributed by atoms with E-state index in [1.165, 1.54) is 17.5 Å². The van der Waals surface area contributed by atoms with E-state index in [1.54, 1.807) is 0 Å². The maximum Gasteiger partial charge on any atom is 0.127 e. The van der Waals surface area contributed by atoms with Gasteiger partial charge in [-0.05, 0) is 48.9 Å². The van der Waals surface area contributed by atoms with E-state index >= 15 is 0 Å². The van der Waals surface area contributed by atoms with Crippen LogP contribution in [0.2, 0.25) is 0 Å². The van der Waals surface area contributed by atoms with Gasteiger partial charge < -0.3 is 10.1 Å². The minimum absolute atomic E-state index is 0.353. The first-order valence-corrected chi connectivity index (χ1v) is 8.72. The minimum atomic E-state index is 0.353. The molecule has 2 atom stereocenters. The Bertz CT molecular complexity index is 493. The summed E-state index contributed by atoms with van der Waals surface area (Å²) in [5, 5.41) is 3.49. The lowest BCUT2D eigenvalue weighted by Gasteiger charge is -2.27. The van der Waals surface area contributed by atoms with E-state index in [2.05, 4.69) is 68.1 Å². The number of nitrogens with one attached hydrogen (secondary N) is 1. The van der Waals surface area contributed by atoms with Gasteiger partial charge in [0.15, 0.2) is 0 Å². The molecule has 21 heavy (non-hydrogen) atoms. The van der Waals surface area contributed by atoms with Gasteiger partial charge >= 0.3 is 0 Å². The molecule has 1 N–H and O–H groups in total. The van der Waals surface area contributed by atoms with Crippen LogP contribution in [0.3, 0.4) is 0 Å². The number of hydrogen-bond acceptors (Lipinski definition) is 2. The summed E-state index contributed by atoms with van der Waals surface area (Å²) in [5.41, 5.74) is 3.02. The quantitative estimate of drug-likeness (QED) is 0.794. The van der Waals surface area contributed by atoms with Gasteiger partial charge in [-0.15, -0.1) is 0 Å². The monoisotopic (exact) mass is 353 g/mol. The Morgan fingerprint density at radius 1 is 1.33 bits per heavy atom. The molecule has 0 radical (unpaired) electrons. The summed E-state index contributed by atoms with van der Waals surface area (Å²) in [7, 11) is 2.05. The molecule has 0 aromatic heterocycles. The zero-order chi connectivity index (χ0) is 15.6. The van der Waals surface area contributed by atoms with Gasteiger partial charge in [0, 0.05) is 22.5 Å². The lowest BCUT2D eigenvalue weighted by Crippen LogP contribution is -2.22. The summed E-state index contributed by atoms with van der Waals surface area (Å²) >= 11 is 3.64. The first-order valence-electron chi connectivity index (χ1n) is 7.92. The smallest absolute Gasteiger partial charge is 0.127 e. The summed E-state index contributed by atoms with van der Waals surface area (Å²) in [6.45, 7) is 10.1. The molecule has 0 saturated heterocycles. The van der Waals surface area contributed by atoms with Crippen molar-refractivity contribution in [3.05, 3.63) is 27.7 Å². The number of rotatable bonds is 5. The highest BCUT2D eigenvalue weighted by atomic mass is 79.9. The zero-order valence-corrected chi connectivity index (χ0v) is 15.5.